The maximum absolute atomic E-state index is 11.7. The van der Waals surface area contributed by atoms with Crippen LogP contribution in [0.2, 0.25) is 0 Å². The maximum Gasteiger partial charge on any atom is 0.363 e. The first-order valence-corrected chi connectivity index (χ1v) is 5.15. The Morgan fingerprint density at radius 1 is 1.15 bits per heavy atom. The van der Waals surface area contributed by atoms with Crippen LogP contribution in [0.4, 0.5) is 0 Å². The number of nitrogens with zero attached hydrogens (tertiary/aromatic N) is 1. The van der Waals surface area contributed by atoms with Crippen LogP contribution < -0.4 is 17.1 Å². The fraction of sp³-hybridized carbons (Fsp3) is 0.556. The molecule has 0 fully saturated rings. The minimum atomic E-state index is -2.61. The Morgan fingerprint density at radius 2 is 1.60 bits per heavy atom. The van der Waals surface area contributed by atoms with Crippen LogP contribution in [-0.2, 0) is 24.7 Å². The molecule has 0 spiro atoms. The van der Waals surface area contributed by atoms with Gasteiger partial charge in [-0.25, -0.2) is 19.2 Å². The molecular weight excluding hydrogens is 278 g/mol. The van der Waals surface area contributed by atoms with Gasteiger partial charge in [0.2, 0.25) is 6.29 Å². The van der Waals surface area contributed by atoms with E-state index in [0.29, 0.717) is 0 Å². The highest BCUT2D eigenvalue weighted by Crippen LogP contribution is 2.22. The van der Waals surface area contributed by atoms with E-state index in [9.17, 15) is 24.3 Å². The van der Waals surface area contributed by atoms with Crippen LogP contribution in [0.5, 0.6) is 0 Å². The zero-order valence-electron chi connectivity index (χ0n) is 10.8. The first kappa shape index (κ1) is 15.8. The average Bonchev–Trinajstić information content (AvgIpc) is 2.36. The molecule has 1 rings (SSSR count). The molecule has 1 unspecified atom stereocenters. The molecule has 0 saturated heterocycles. The second-order valence-electron chi connectivity index (χ2n) is 3.53. The highest BCUT2D eigenvalue weighted by Gasteiger charge is 2.52. The highest BCUT2D eigenvalue weighted by atomic mass is 16.7. The van der Waals surface area contributed by atoms with Gasteiger partial charge in [0, 0.05) is 21.3 Å². The second-order valence-corrected chi connectivity index (χ2v) is 3.53. The summed E-state index contributed by atoms with van der Waals surface area (Å²) in [4.78, 5) is 49.4. The topological polar surface area (TPSA) is 153 Å². The molecule has 0 radical (unpaired) electrons. The highest BCUT2D eigenvalue weighted by molar-refractivity contribution is 5.75. The third-order valence-corrected chi connectivity index (χ3v) is 2.54. The minimum absolute atomic E-state index is 0.147. The predicted molar refractivity (Wildman–Crippen MR) is 62.4 cm³/mol. The van der Waals surface area contributed by atoms with Gasteiger partial charge >= 0.3 is 28.8 Å². The minimum Gasteiger partial charge on any atom is -0.478 e. The number of methoxy groups -OCH3 is 3. The van der Waals surface area contributed by atoms with Crippen molar-refractivity contribution in [2.24, 2.45) is 0 Å². The molecule has 20 heavy (non-hydrogen) atoms. The first-order chi connectivity index (χ1) is 9.34. The lowest BCUT2D eigenvalue weighted by Crippen LogP contribution is -2.64. The molecule has 0 amide bonds. The van der Waals surface area contributed by atoms with Crippen molar-refractivity contribution in [1.29, 1.82) is 0 Å². The van der Waals surface area contributed by atoms with Gasteiger partial charge in [0.05, 0.1) is 0 Å². The quantitative estimate of drug-likeness (QED) is 0.476. The second kappa shape index (κ2) is 5.81. The largest absolute Gasteiger partial charge is 0.478 e. The van der Waals surface area contributed by atoms with Gasteiger partial charge in [-0.05, 0) is 0 Å². The Morgan fingerprint density at radius 3 is 1.90 bits per heavy atom. The monoisotopic (exact) mass is 291 g/mol. The lowest BCUT2D eigenvalue weighted by molar-refractivity contribution is -0.266. The van der Waals surface area contributed by atoms with Crippen molar-refractivity contribution < 1.29 is 24.1 Å². The van der Waals surface area contributed by atoms with Gasteiger partial charge in [0.1, 0.15) is 0 Å². The molecule has 0 saturated carbocycles. The van der Waals surface area contributed by atoms with Gasteiger partial charge in [0.25, 0.3) is 0 Å². The zero-order chi connectivity index (χ0) is 15.5. The summed E-state index contributed by atoms with van der Waals surface area (Å²) in [6.07, 6.45) is -1.63. The summed E-state index contributed by atoms with van der Waals surface area (Å²) in [5, 5.41) is 9.34. The number of nitrogens with one attached hydrogen (secondary N) is 2. The van der Waals surface area contributed by atoms with Gasteiger partial charge in [-0.15, -0.1) is 0 Å². The summed E-state index contributed by atoms with van der Waals surface area (Å²) >= 11 is 0. The van der Waals surface area contributed by atoms with Gasteiger partial charge in [-0.2, -0.15) is 4.57 Å². The third-order valence-electron chi connectivity index (χ3n) is 2.54. The number of aromatic nitrogens is 3. The molecule has 0 aromatic carbocycles. The van der Waals surface area contributed by atoms with E-state index in [1.165, 1.54) is 0 Å². The predicted octanol–water partition coefficient (Wildman–Crippen LogP) is -2.77. The van der Waals surface area contributed by atoms with E-state index in [2.05, 4.69) is 0 Å². The van der Waals surface area contributed by atoms with Crippen LogP contribution in [0, 0.1) is 0 Å². The number of ether oxygens (including phenoxy) is 3. The van der Waals surface area contributed by atoms with Crippen LogP contribution in [0.15, 0.2) is 14.4 Å². The van der Waals surface area contributed by atoms with E-state index in [1.54, 1.807) is 9.97 Å². The van der Waals surface area contributed by atoms with E-state index in [4.69, 9.17) is 14.2 Å². The fourth-order valence-corrected chi connectivity index (χ4v) is 1.72. The molecule has 11 heteroatoms. The van der Waals surface area contributed by atoms with Crippen molar-refractivity contribution in [2.75, 3.05) is 21.3 Å². The molecule has 3 N–H and O–H groups in total. The summed E-state index contributed by atoms with van der Waals surface area (Å²) < 4.78 is 14.5. The average molecular weight is 291 g/mol. The van der Waals surface area contributed by atoms with Crippen molar-refractivity contribution in [3.8, 4) is 0 Å². The Labute approximate surface area is 110 Å². The number of carboxylic acid groups (broad SMARTS) is 1. The number of hydrogen-bond donors (Lipinski definition) is 3. The smallest absolute Gasteiger partial charge is 0.363 e. The summed E-state index contributed by atoms with van der Waals surface area (Å²) in [6.45, 7) is 0. The van der Waals surface area contributed by atoms with E-state index in [1.807, 2.05) is 0 Å². The van der Waals surface area contributed by atoms with Gasteiger partial charge in [-0.1, -0.05) is 0 Å². The van der Waals surface area contributed by atoms with Crippen molar-refractivity contribution in [1.82, 2.24) is 14.5 Å². The summed E-state index contributed by atoms with van der Waals surface area (Å²) in [7, 11) is 3.13. The zero-order valence-corrected chi connectivity index (χ0v) is 10.8. The number of rotatable bonds is 6. The summed E-state index contributed by atoms with van der Waals surface area (Å²) in [5.74, 6) is -1.73. The molecule has 1 aromatic rings. The van der Waals surface area contributed by atoms with E-state index in [0.717, 1.165) is 21.3 Å². The molecule has 0 bridgehead atoms. The van der Waals surface area contributed by atoms with Crippen LogP contribution in [0.1, 0.15) is 0 Å². The molecule has 0 aliphatic carbocycles. The first-order valence-electron chi connectivity index (χ1n) is 5.15. The Kier molecular flexibility index (Phi) is 4.60. The molecular formula is C9H13N3O8. The number of aromatic amines is 2. The Hall–Kier alpha value is -2.24. The van der Waals surface area contributed by atoms with Crippen molar-refractivity contribution in [3.63, 3.8) is 0 Å². The molecule has 112 valence electrons. The SMILES string of the molecule is COC(OC)C(OC)(C(=O)O)n1c(=O)[nH]c(=O)[nH]c1=O. The van der Waals surface area contributed by atoms with Crippen molar-refractivity contribution >= 4 is 5.97 Å². The fourth-order valence-electron chi connectivity index (χ4n) is 1.72. The van der Waals surface area contributed by atoms with Crippen LogP contribution in [-0.4, -0.2) is 53.2 Å². The molecule has 1 aromatic heterocycles. The molecule has 1 heterocycles. The van der Waals surface area contributed by atoms with Crippen LogP contribution in [0.25, 0.3) is 0 Å². The lowest BCUT2D eigenvalue weighted by atomic mass is 10.2. The van der Waals surface area contributed by atoms with E-state index < -0.39 is 35.1 Å². The van der Waals surface area contributed by atoms with Crippen LogP contribution in [0.3, 0.4) is 0 Å². The van der Waals surface area contributed by atoms with Gasteiger partial charge < -0.3 is 19.3 Å². The van der Waals surface area contributed by atoms with Gasteiger partial charge in [0.15, 0.2) is 0 Å². The normalized spacial score (nSPS) is 14.2. The number of carbonyl (C=O) groups is 1. The number of hydrogen-bond acceptors (Lipinski definition) is 7. The van der Waals surface area contributed by atoms with E-state index in [-0.39, 0.29) is 4.57 Å². The van der Waals surface area contributed by atoms with Crippen LogP contribution >= 0.6 is 0 Å². The standard InChI is InChI=1S/C9H13N3O8/c1-18-5(19-2)9(20-3,4(13)14)12-7(16)10-6(15)11-8(12)17/h5H,1-3H3,(H,13,14)(H2,10,11,15,16,17). The van der Waals surface area contributed by atoms with E-state index >= 15 is 0 Å². The maximum atomic E-state index is 11.7. The Balaban J connectivity index is 3.80. The van der Waals surface area contributed by atoms with Crippen molar-refractivity contribution in [2.45, 2.75) is 12.0 Å². The number of aliphatic carboxylic acids is 1. The number of H-pyrrole nitrogens is 2. The van der Waals surface area contributed by atoms with Gasteiger partial charge in [-0.3, -0.25) is 9.97 Å². The molecule has 1 atom stereocenters. The Bertz CT molecular complexity index is 620. The molecule has 0 aliphatic rings. The summed E-state index contributed by atoms with van der Waals surface area (Å²) in [5.41, 5.74) is -6.28. The lowest BCUT2D eigenvalue weighted by Gasteiger charge is -2.33. The van der Waals surface area contributed by atoms with Crippen molar-refractivity contribution in [3.05, 3.63) is 31.5 Å². The summed E-state index contributed by atoms with van der Waals surface area (Å²) in [6, 6.07) is 0. The molecule has 0 aliphatic heterocycles. The third kappa shape index (κ3) is 2.29. The number of carboxylic acids is 1. The molecule has 11 nitrogen and oxygen atoms in total.